The molecule has 1 aromatic rings. The maximum Gasteiger partial charge on any atom is 0.136 e. The van der Waals surface area contributed by atoms with Crippen molar-refractivity contribution in [2.24, 2.45) is 5.92 Å². The lowest BCUT2D eigenvalue weighted by Crippen LogP contribution is -2.20. The Morgan fingerprint density at radius 1 is 1.11 bits per heavy atom. The number of carbonyl (C=O) groups excluding carboxylic acids is 1. The summed E-state index contributed by atoms with van der Waals surface area (Å²) in [4.78, 5) is 11.6. The van der Waals surface area contributed by atoms with Crippen LogP contribution in [-0.4, -0.2) is 19.0 Å². The zero-order valence-corrected chi connectivity index (χ0v) is 10.9. The highest BCUT2D eigenvalue weighted by atomic mass is 16.5. The highest BCUT2D eigenvalue weighted by Crippen LogP contribution is 2.23. The third-order valence-electron chi connectivity index (χ3n) is 3.67. The largest absolute Gasteiger partial charge is 0.381 e. The van der Waals surface area contributed by atoms with E-state index in [2.05, 4.69) is 24.3 Å². The van der Waals surface area contributed by atoms with Crippen molar-refractivity contribution >= 4 is 5.78 Å². The van der Waals surface area contributed by atoms with Gasteiger partial charge in [0.25, 0.3) is 0 Å². The van der Waals surface area contributed by atoms with Crippen molar-refractivity contribution in [2.75, 3.05) is 13.2 Å². The molecule has 18 heavy (non-hydrogen) atoms. The summed E-state index contributed by atoms with van der Waals surface area (Å²) in [5, 5.41) is 0. The molecule has 1 fully saturated rings. The van der Waals surface area contributed by atoms with Crippen LogP contribution in [0.2, 0.25) is 0 Å². The fourth-order valence-corrected chi connectivity index (χ4v) is 2.52. The highest BCUT2D eigenvalue weighted by Gasteiger charge is 2.21. The van der Waals surface area contributed by atoms with E-state index in [4.69, 9.17) is 4.74 Å². The lowest BCUT2D eigenvalue weighted by molar-refractivity contribution is -0.125. The molecule has 0 saturated heterocycles. The van der Waals surface area contributed by atoms with Crippen LogP contribution in [0.15, 0.2) is 30.3 Å². The molecule has 1 aliphatic carbocycles. The summed E-state index contributed by atoms with van der Waals surface area (Å²) in [6.07, 6.45) is 6.02. The van der Waals surface area contributed by atoms with E-state index in [0.29, 0.717) is 5.78 Å². The smallest absolute Gasteiger partial charge is 0.136 e. The number of benzene rings is 1. The number of ether oxygens (including phenoxy) is 1. The first-order valence-corrected chi connectivity index (χ1v) is 7.00. The van der Waals surface area contributed by atoms with Gasteiger partial charge >= 0.3 is 0 Å². The Labute approximate surface area is 109 Å². The van der Waals surface area contributed by atoms with Crippen molar-refractivity contribution < 1.29 is 9.53 Å². The van der Waals surface area contributed by atoms with Crippen molar-refractivity contribution in [1.29, 1.82) is 0 Å². The standard InChI is InChI=1S/C16H22O2/c17-16-9-5-4-8-15(16)11-13-18-12-10-14-6-2-1-3-7-14/h1-3,6-7,15H,4-5,8-13H2/t15-/m0/s1. The molecule has 0 aromatic heterocycles. The van der Waals surface area contributed by atoms with Gasteiger partial charge < -0.3 is 4.74 Å². The molecule has 2 rings (SSSR count). The monoisotopic (exact) mass is 246 g/mol. The average Bonchev–Trinajstić information content (AvgIpc) is 2.42. The predicted octanol–water partition coefficient (Wildman–Crippen LogP) is 3.40. The first kappa shape index (κ1) is 13.3. The summed E-state index contributed by atoms with van der Waals surface area (Å²) >= 11 is 0. The number of ketones is 1. The predicted molar refractivity (Wildman–Crippen MR) is 72.5 cm³/mol. The number of rotatable bonds is 6. The Kier molecular flexibility index (Phi) is 5.40. The second-order valence-electron chi connectivity index (χ2n) is 5.05. The number of hydrogen-bond donors (Lipinski definition) is 0. The van der Waals surface area contributed by atoms with Gasteiger partial charge in [-0.15, -0.1) is 0 Å². The van der Waals surface area contributed by atoms with Gasteiger partial charge in [-0.3, -0.25) is 4.79 Å². The second-order valence-corrected chi connectivity index (χ2v) is 5.05. The molecule has 1 aliphatic rings. The van der Waals surface area contributed by atoms with E-state index in [1.165, 1.54) is 12.0 Å². The van der Waals surface area contributed by atoms with Gasteiger partial charge in [0.15, 0.2) is 0 Å². The van der Waals surface area contributed by atoms with Crippen LogP contribution in [0.5, 0.6) is 0 Å². The zero-order valence-electron chi connectivity index (χ0n) is 10.9. The van der Waals surface area contributed by atoms with Crippen LogP contribution in [-0.2, 0) is 16.0 Å². The third kappa shape index (κ3) is 4.26. The summed E-state index contributed by atoms with van der Waals surface area (Å²) in [7, 11) is 0. The van der Waals surface area contributed by atoms with Crippen LogP contribution < -0.4 is 0 Å². The highest BCUT2D eigenvalue weighted by molar-refractivity contribution is 5.81. The molecule has 98 valence electrons. The van der Waals surface area contributed by atoms with E-state index in [1.807, 2.05) is 6.07 Å². The Balaban J connectivity index is 1.57. The Morgan fingerprint density at radius 3 is 2.72 bits per heavy atom. The molecule has 0 N–H and O–H groups in total. The molecular formula is C16H22O2. The maximum absolute atomic E-state index is 11.6. The summed E-state index contributed by atoms with van der Waals surface area (Å²) in [6.45, 7) is 1.48. The average molecular weight is 246 g/mol. The molecule has 0 spiro atoms. The zero-order chi connectivity index (χ0) is 12.6. The fraction of sp³-hybridized carbons (Fsp3) is 0.562. The number of carbonyl (C=O) groups is 1. The first-order chi connectivity index (χ1) is 8.86. The first-order valence-electron chi connectivity index (χ1n) is 7.00. The number of hydrogen-bond acceptors (Lipinski definition) is 2. The molecule has 1 saturated carbocycles. The van der Waals surface area contributed by atoms with Crippen LogP contribution in [0, 0.1) is 5.92 Å². The van der Waals surface area contributed by atoms with Crippen LogP contribution in [0.25, 0.3) is 0 Å². The lowest BCUT2D eigenvalue weighted by atomic mass is 9.86. The van der Waals surface area contributed by atoms with Gasteiger partial charge in [-0.05, 0) is 31.2 Å². The van der Waals surface area contributed by atoms with Crippen molar-refractivity contribution in [3.8, 4) is 0 Å². The van der Waals surface area contributed by atoms with Gasteiger partial charge in [-0.25, -0.2) is 0 Å². The molecule has 0 bridgehead atoms. The van der Waals surface area contributed by atoms with E-state index in [0.717, 1.165) is 45.3 Å². The lowest BCUT2D eigenvalue weighted by Gasteiger charge is -2.20. The summed E-state index contributed by atoms with van der Waals surface area (Å²) < 4.78 is 5.64. The van der Waals surface area contributed by atoms with Gasteiger partial charge in [0.1, 0.15) is 5.78 Å². The van der Waals surface area contributed by atoms with Gasteiger partial charge in [0.2, 0.25) is 0 Å². The van der Waals surface area contributed by atoms with E-state index >= 15 is 0 Å². The minimum atomic E-state index is 0.274. The van der Waals surface area contributed by atoms with Gasteiger partial charge in [-0.2, -0.15) is 0 Å². The quantitative estimate of drug-likeness (QED) is 0.719. The topological polar surface area (TPSA) is 26.3 Å². The van der Waals surface area contributed by atoms with Gasteiger partial charge in [0, 0.05) is 18.9 Å². The molecule has 0 heterocycles. The molecule has 0 amide bonds. The summed E-state index contributed by atoms with van der Waals surface area (Å²) in [5.41, 5.74) is 1.31. The van der Waals surface area contributed by atoms with Crippen LogP contribution in [0.4, 0.5) is 0 Å². The molecule has 0 radical (unpaired) electrons. The van der Waals surface area contributed by atoms with Gasteiger partial charge in [-0.1, -0.05) is 36.8 Å². The third-order valence-corrected chi connectivity index (χ3v) is 3.67. The minimum absolute atomic E-state index is 0.274. The second kappa shape index (κ2) is 7.32. The minimum Gasteiger partial charge on any atom is -0.381 e. The molecular weight excluding hydrogens is 224 g/mol. The van der Waals surface area contributed by atoms with Crippen molar-refractivity contribution in [2.45, 2.75) is 38.5 Å². The van der Waals surface area contributed by atoms with Crippen LogP contribution >= 0.6 is 0 Å². The SMILES string of the molecule is O=C1CCCC[C@H]1CCOCCc1ccccc1. The molecule has 0 aliphatic heterocycles. The molecule has 2 heteroatoms. The van der Waals surface area contributed by atoms with Gasteiger partial charge in [0.05, 0.1) is 6.61 Å². The maximum atomic E-state index is 11.6. The van der Waals surface area contributed by atoms with Crippen LogP contribution in [0.1, 0.15) is 37.7 Å². The van der Waals surface area contributed by atoms with Crippen molar-refractivity contribution in [3.63, 3.8) is 0 Å². The van der Waals surface area contributed by atoms with Crippen molar-refractivity contribution in [1.82, 2.24) is 0 Å². The van der Waals surface area contributed by atoms with E-state index in [9.17, 15) is 4.79 Å². The Bertz CT molecular complexity index is 359. The van der Waals surface area contributed by atoms with E-state index in [-0.39, 0.29) is 5.92 Å². The molecule has 1 atom stereocenters. The Morgan fingerprint density at radius 2 is 1.94 bits per heavy atom. The molecule has 1 aromatic carbocycles. The Hall–Kier alpha value is -1.15. The van der Waals surface area contributed by atoms with Crippen LogP contribution in [0.3, 0.4) is 0 Å². The summed E-state index contributed by atoms with van der Waals surface area (Å²) in [5.74, 6) is 0.725. The fourth-order valence-electron chi connectivity index (χ4n) is 2.52. The van der Waals surface area contributed by atoms with E-state index in [1.54, 1.807) is 0 Å². The normalized spacial score (nSPS) is 20.0. The summed E-state index contributed by atoms with van der Waals surface area (Å²) in [6, 6.07) is 10.4. The molecule has 0 unspecified atom stereocenters. The molecule has 2 nitrogen and oxygen atoms in total. The van der Waals surface area contributed by atoms with Crippen molar-refractivity contribution in [3.05, 3.63) is 35.9 Å². The number of Topliss-reactive ketones (excluding diaryl/α,β-unsaturated/α-hetero) is 1. The van der Waals surface area contributed by atoms with E-state index < -0.39 is 0 Å².